The van der Waals surface area contributed by atoms with E-state index in [1.54, 1.807) is 0 Å². The van der Waals surface area contributed by atoms with Crippen LogP contribution in [0.4, 0.5) is 0 Å². The van der Waals surface area contributed by atoms with Gasteiger partial charge in [-0.25, -0.2) is 0 Å². The van der Waals surface area contributed by atoms with Crippen molar-refractivity contribution in [3.63, 3.8) is 0 Å². The van der Waals surface area contributed by atoms with E-state index in [1.165, 1.54) is 33.4 Å². The summed E-state index contributed by atoms with van der Waals surface area (Å²) in [6, 6.07) is 0.108. The molecule has 4 heteroatoms. The fourth-order valence-corrected chi connectivity index (χ4v) is 3.67. The standard InChI is InChI=1S/C19H25N3O/c1-9(2)20-19(23)17-15-8-14-12(5)10(3)11(4)13(6)16(14)18(15)22(7)21-17/h9H,8H2,1-7H3,(H,20,23). The van der Waals surface area contributed by atoms with Crippen LogP contribution in [-0.2, 0) is 13.5 Å². The molecule has 23 heavy (non-hydrogen) atoms. The second-order valence-corrected chi connectivity index (χ2v) is 6.96. The fraction of sp³-hybridized carbons (Fsp3) is 0.474. The zero-order valence-electron chi connectivity index (χ0n) is 15.1. The molecular weight excluding hydrogens is 286 g/mol. The largest absolute Gasteiger partial charge is 0.348 e. The number of nitrogens with zero attached hydrogens (tertiary/aromatic N) is 2. The smallest absolute Gasteiger partial charge is 0.272 e. The molecule has 2 aromatic rings. The van der Waals surface area contributed by atoms with E-state index >= 15 is 0 Å². The van der Waals surface area contributed by atoms with Gasteiger partial charge in [0, 0.05) is 30.6 Å². The van der Waals surface area contributed by atoms with Crippen LogP contribution in [0.15, 0.2) is 0 Å². The fourth-order valence-electron chi connectivity index (χ4n) is 3.67. The van der Waals surface area contributed by atoms with Crippen molar-refractivity contribution in [2.75, 3.05) is 0 Å². The third-order valence-electron chi connectivity index (χ3n) is 5.19. The Kier molecular flexibility index (Phi) is 3.58. The predicted molar refractivity (Wildman–Crippen MR) is 93.0 cm³/mol. The molecule has 1 aromatic heterocycles. The quantitative estimate of drug-likeness (QED) is 0.789. The predicted octanol–water partition coefficient (Wildman–Crippen LogP) is 3.36. The Morgan fingerprint density at radius 1 is 1.04 bits per heavy atom. The zero-order valence-corrected chi connectivity index (χ0v) is 15.1. The Morgan fingerprint density at radius 3 is 2.26 bits per heavy atom. The van der Waals surface area contributed by atoms with Crippen molar-refractivity contribution in [2.45, 2.75) is 54.0 Å². The number of rotatable bonds is 2. The van der Waals surface area contributed by atoms with Gasteiger partial charge in [0.05, 0.1) is 5.69 Å². The van der Waals surface area contributed by atoms with E-state index in [2.05, 4.69) is 38.1 Å². The van der Waals surface area contributed by atoms with Crippen LogP contribution in [0.5, 0.6) is 0 Å². The van der Waals surface area contributed by atoms with Crippen LogP contribution in [0.2, 0.25) is 0 Å². The third kappa shape index (κ3) is 2.19. The minimum absolute atomic E-state index is 0.0755. The number of hydrogen-bond donors (Lipinski definition) is 1. The number of aryl methyl sites for hydroxylation is 1. The summed E-state index contributed by atoms with van der Waals surface area (Å²) >= 11 is 0. The van der Waals surface area contributed by atoms with Gasteiger partial charge in [-0.3, -0.25) is 9.48 Å². The van der Waals surface area contributed by atoms with Crippen molar-refractivity contribution in [3.05, 3.63) is 39.1 Å². The molecule has 1 amide bonds. The molecule has 0 radical (unpaired) electrons. The highest BCUT2D eigenvalue weighted by Gasteiger charge is 2.32. The van der Waals surface area contributed by atoms with Crippen LogP contribution in [-0.4, -0.2) is 21.7 Å². The molecule has 4 nitrogen and oxygen atoms in total. The van der Waals surface area contributed by atoms with Gasteiger partial charge in [0.25, 0.3) is 5.91 Å². The molecule has 0 atom stereocenters. The van der Waals surface area contributed by atoms with Crippen molar-refractivity contribution >= 4 is 5.91 Å². The molecule has 0 aliphatic heterocycles. The molecular formula is C19H25N3O. The van der Waals surface area contributed by atoms with Crippen molar-refractivity contribution in [1.29, 1.82) is 0 Å². The maximum absolute atomic E-state index is 12.5. The second kappa shape index (κ2) is 5.22. The van der Waals surface area contributed by atoms with Crippen molar-refractivity contribution in [2.24, 2.45) is 7.05 Å². The van der Waals surface area contributed by atoms with E-state index < -0.39 is 0 Å². The molecule has 0 spiro atoms. The van der Waals surface area contributed by atoms with E-state index in [0.717, 1.165) is 17.7 Å². The highest BCUT2D eigenvalue weighted by molar-refractivity contribution is 5.97. The minimum Gasteiger partial charge on any atom is -0.348 e. The van der Waals surface area contributed by atoms with Crippen LogP contribution >= 0.6 is 0 Å². The Bertz CT molecular complexity index is 828. The number of carbonyl (C=O) groups is 1. The molecule has 1 aliphatic carbocycles. The van der Waals surface area contributed by atoms with Gasteiger partial charge in [0.2, 0.25) is 0 Å². The third-order valence-corrected chi connectivity index (χ3v) is 5.19. The summed E-state index contributed by atoms with van der Waals surface area (Å²) in [7, 11) is 1.93. The summed E-state index contributed by atoms with van der Waals surface area (Å²) in [5.74, 6) is -0.0755. The number of hydrogen-bond acceptors (Lipinski definition) is 2. The summed E-state index contributed by atoms with van der Waals surface area (Å²) in [6.45, 7) is 12.7. The SMILES string of the molecule is Cc1c(C)c(C)c2c(c1C)Cc1c(C(=O)NC(C)C)nn(C)c1-2. The van der Waals surface area contributed by atoms with Gasteiger partial charge in [-0.05, 0) is 69.4 Å². The highest BCUT2D eigenvalue weighted by atomic mass is 16.2. The second-order valence-electron chi connectivity index (χ2n) is 6.96. The van der Waals surface area contributed by atoms with Gasteiger partial charge >= 0.3 is 0 Å². The molecule has 122 valence electrons. The lowest BCUT2D eigenvalue weighted by Gasteiger charge is -2.16. The monoisotopic (exact) mass is 311 g/mol. The molecule has 0 fully saturated rings. The van der Waals surface area contributed by atoms with Gasteiger partial charge in [-0.2, -0.15) is 5.10 Å². The van der Waals surface area contributed by atoms with Crippen LogP contribution in [0.1, 0.15) is 57.7 Å². The number of nitrogens with one attached hydrogen (secondary N) is 1. The van der Waals surface area contributed by atoms with Crippen LogP contribution in [0.25, 0.3) is 11.3 Å². The molecule has 1 aromatic carbocycles. The van der Waals surface area contributed by atoms with Crippen LogP contribution in [0, 0.1) is 27.7 Å². The topological polar surface area (TPSA) is 46.9 Å². The highest BCUT2D eigenvalue weighted by Crippen LogP contribution is 2.43. The zero-order chi connectivity index (χ0) is 17.0. The Balaban J connectivity index is 2.21. The minimum atomic E-state index is -0.0755. The van der Waals surface area contributed by atoms with E-state index in [1.807, 2.05) is 25.6 Å². The Morgan fingerprint density at radius 2 is 1.65 bits per heavy atom. The summed E-state index contributed by atoms with van der Waals surface area (Å²) in [6.07, 6.45) is 0.799. The Labute approximate surface area is 137 Å². The first-order valence-electron chi connectivity index (χ1n) is 8.20. The first-order chi connectivity index (χ1) is 10.7. The van der Waals surface area contributed by atoms with E-state index in [0.29, 0.717) is 5.69 Å². The molecule has 0 saturated carbocycles. The van der Waals surface area contributed by atoms with Gasteiger partial charge in [-0.15, -0.1) is 0 Å². The number of benzene rings is 1. The number of aromatic nitrogens is 2. The van der Waals surface area contributed by atoms with Crippen molar-refractivity contribution in [1.82, 2.24) is 15.1 Å². The molecule has 3 rings (SSSR count). The van der Waals surface area contributed by atoms with Gasteiger partial charge in [0.15, 0.2) is 5.69 Å². The van der Waals surface area contributed by atoms with E-state index in [4.69, 9.17) is 0 Å². The molecule has 0 unspecified atom stereocenters. The number of carbonyl (C=O) groups excluding carboxylic acids is 1. The molecule has 0 bridgehead atoms. The lowest BCUT2D eigenvalue weighted by atomic mass is 9.90. The van der Waals surface area contributed by atoms with Gasteiger partial charge in [0.1, 0.15) is 0 Å². The molecule has 1 N–H and O–H groups in total. The first-order valence-corrected chi connectivity index (χ1v) is 8.20. The lowest BCUT2D eigenvalue weighted by Crippen LogP contribution is -2.31. The average molecular weight is 311 g/mol. The van der Waals surface area contributed by atoms with E-state index in [9.17, 15) is 4.79 Å². The first kappa shape index (κ1) is 15.8. The Hall–Kier alpha value is -2.10. The molecule has 1 aliphatic rings. The summed E-state index contributed by atoms with van der Waals surface area (Å²) in [5, 5.41) is 7.48. The maximum atomic E-state index is 12.5. The van der Waals surface area contributed by atoms with Crippen molar-refractivity contribution in [3.8, 4) is 11.3 Å². The number of amides is 1. The van der Waals surface area contributed by atoms with Gasteiger partial charge < -0.3 is 5.32 Å². The maximum Gasteiger partial charge on any atom is 0.272 e. The number of fused-ring (bicyclic) bond motifs is 3. The summed E-state index contributed by atoms with van der Waals surface area (Å²) in [5.41, 5.74) is 10.7. The average Bonchev–Trinajstić information content (AvgIpc) is 3.00. The summed E-state index contributed by atoms with van der Waals surface area (Å²) in [4.78, 5) is 12.5. The molecule has 1 heterocycles. The van der Waals surface area contributed by atoms with E-state index in [-0.39, 0.29) is 11.9 Å². The molecule has 0 saturated heterocycles. The van der Waals surface area contributed by atoms with Crippen molar-refractivity contribution < 1.29 is 4.79 Å². The van der Waals surface area contributed by atoms with Gasteiger partial charge in [-0.1, -0.05) is 0 Å². The normalized spacial score (nSPS) is 12.5. The summed E-state index contributed by atoms with van der Waals surface area (Å²) < 4.78 is 1.87. The van der Waals surface area contributed by atoms with Crippen LogP contribution in [0.3, 0.4) is 0 Å². The van der Waals surface area contributed by atoms with Crippen LogP contribution < -0.4 is 5.32 Å². The lowest BCUT2D eigenvalue weighted by molar-refractivity contribution is 0.0936.